The molecule has 0 unspecified atom stereocenters. The second-order valence-corrected chi connectivity index (χ2v) is 3.24. The molecule has 1 aromatic carbocycles. The zero-order valence-electron chi connectivity index (χ0n) is 8.80. The first-order chi connectivity index (χ1) is 8.54. The largest absolute Gasteiger partial charge is 0.477 e. The summed E-state index contributed by atoms with van der Waals surface area (Å²) in [5.41, 5.74) is -0.281. The van der Waals surface area contributed by atoms with Gasteiger partial charge in [0.1, 0.15) is 17.4 Å². The Bertz CT molecular complexity index is 584. The quantitative estimate of drug-likeness (QED) is 0.906. The fourth-order valence-electron chi connectivity index (χ4n) is 1.20. The summed E-state index contributed by atoms with van der Waals surface area (Å²) in [6.07, 6.45) is 1.17. The lowest BCUT2D eigenvalue weighted by Gasteiger charge is -2.04. The van der Waals surface area contributed by atoms with Crippen LogP contribution in [-0.2, 0) is 0 Å². The van der Waals surface area contributed by atoms with E-state index in [9.17, 15) is 13.6 Å². The SMILES string of the molecule is O=C(O)c1ccnc(Oc2cc(F)cc(F)c2)n1. The van der Waals surface area contributed by atoms with Crippen LogP contribution in [0.25, 0.3) is 0 Å². The molecular formula is C11H6F2N2O3. The molecule has 0 aliphatic carbocycles. The maximum absolute atomic E-state index is 12.9. The van der Waals surface area contributed by atoms with Crippen molar-refractivity contribution in [1.82, 2.24) is 9.97 Å². The van der Waals surface area contributed by atoms with Crippen LogP contribution in [-0.4, -0.2) is 21.0 Å². The molecule has 7 heteroatoms. The number of hydrogen-bond acceptors (Lipinski definition) is 4. The van der Waals surface area contributed by atoms with Gasteiger partial charge in [-0.2, -0.15) is 4.98 Å². The van der Waals surface area contributed by atoms with Crippen LogP contribution in [0, 0.1) is 11.6 Å². The molecule has 0 bridgehead atoms. The van der Waals surface area contributed by atoms with Crippen molar-refractivity contribution in [2.75, 3.05) is 0 Å². The van der Waals surface area contributed by atoms with Crippen LogP contribution in [0.5, 0.6) is 11.8 Å². The van der Waals surface area contributed by atoms with Crippen LogP contribution in [0.15, 0.2) is 30.5 Å². The highest BCUT2D eigenvalue weighted by molar-refractivity contribution is 5.85. The van der Waals surface area contributed by atoms with Crippen LogP contribution < -0.4 is 4.74 Å². The minimum absolute atomic E-state index is 0.157. The Morgan fingerprint density at radius 3 is 2.50 bits per heavy atom. The van der Waals surface area contributed by atoms with Crippen molar-refractivity contribution >= 4 is 5.97 Å². The lowest BCUT2D eigenvalue weighted by atomic mass is 10.3. The second-order valence-electron chi connectivity index (χ2n) is 3.24. The first-order valence-electron chi connectivity index (χ1n) is 4.75. The predicted octanol–water partition coefficient (Wildman–Crippen LogP) is 2.25. The molecule has 92 valence electrons. The first kappa shape index (κ1) is 11.9. The third kappa shape index (κ3) is 2.76. The summed E-state index contributed by atoms with van der Waals surface area (Å²) >= 11 is 0. The molecule has 0 atom stereocenters. The number of carboxylic acids is 1. The Morgan fingerprint density at radius 1 is 1.22 bits per heavy atom. The molecule has 0 saturated carbocycles. The first-order valence-corrected chi connectivity index (χ1v) is 4.75. The number of halogens is 2. The fourth-order valence-corrected chi connectivity index (χ4v) is 1.20. The predicted molar refractivity (Wildman–Crippen MR) is 55.4 cm³/mol. The van der Waals surface area contributed by atoms with E-state index in [1.807, 2.05) is 0 Å². The Kier molecular flexibility index (Phi) is 3.13. The molecule has 2 aromatic rings. The topological polar surface area (TPSA) is 72.3 Å². The standard InChI is InChI=1S/C11H6F2N2O3/c12-6-3-7(13)5-8(4-6)18-11-14-2-1-9(15-11)10(16)17/h1-5H,(H,16,17). The van der Waals surface area contributed by atoms with Crippen molar-refractivity contribution in [3.05, 3.63) is 47.8 Å². The molecule has 2 rings (SSSR count). The molecule has 1 N–H and O–H groups in total. The highest BCUT2D eigenvalue weighted by Crippen LogP contribution is 2.20. The average Bonchev–Trinajstić information content (AvgIpc) is 2.27. The average molecular weight is 252 g/mol. The normalized spacial score (nSPS) is 10.1. The minimum atomic E-state index is -1.26. The molecule has 5 nitrogen and oxygen atoms in total. The van der Waals surface area contributed by atoms with Crippen molar-refractivity contribution in [2.24, 2.45) is 0 Å². The van der Waals surface area contributed by atoms with E-state index >= 15 is 0 Å². The van der Waals surface area contributed by atoms with Crippen molar-refractivity contribution in [2.45, 2.75) is 0 Å². The van der Waals surface area contributed by atoms with E-state index in [0.29, 0.717) is 6.07 Å². The Labute approximate surface area is 99.7 Å². The molecule has 1 aromatic heterocycles. The number of aromatic carboxylic acids is 1. The van der Waals surface area contributed by atoms with Crippen molar-refractivity contribution in [1.29, 1.82) is 0 Å². The van der Waals surface area contributed by atoms with Gasteiger partial charge in [0.05, 0.1) is 0 Å². The maximum Gasteiger partial charge on any atom is 0.354 e. The van der Waals surface area contributed by atoms with Gasteiger partial charge in [-0.05, 0) is 6.07 Å². The summed E-state index contributed by atoms with van der Waals surface area (Å²) in [6, 6.07) is 3.41. The fraction of sp³-hybridized carbons (Fsp3) is 0. The Balaban J connectivity index is 2.28. The molecule has 0 spiro atoms. The van der Waals surface area contributed by atoms with Crippen LogP contribution in [0.3, 0.4) is 0 Å². The number of benzene rings is 1. The van der Waals surface area contributed by atoms with Gasteiger partial charge in [0.2, 0.25) is 0 Å². The summed E-state index contributed by atoms with van der Waals surface area (Å²) in [5, 5.41) is 8.70. The molecule has 0 aliphatic heterocycles. The summed E-state index contributed by atoms with van der Waals surface area (Å²) < 4.78 is 30.7. The molecule has 18 heavy (non-hydrogen) atoms. The van der Waals surface area contributed by atoms with Crippen molar-refractivity contribution < 1.29 is 23.4 Å². The molecule has 0 amide bonds. The monoisotopic (exact) mass is 252 g/mol. The van der Waals surface area contributed by atoms with Crippen LogP contribution in [0.2, 0.25) is 0 Å². The zero-order valence-corrected chi connectivity index (χ0v) is 8.80. The molecule has 0 fully saturated rings. The number of carbonyl (C=O) groups is 1. The Morgan fingerprint density at radius 2 is 1.89 bits per heavy atom. The number of rotatable bonds is 3. The second kappa shape index (κ2) is 4.74. The van der Waals surface area contributed by atoms with Gasteiger partial charge in [-0.3, -0.25) is 0 Å². The number of carboxylic acid groups (broad SMARTS) is 1. The van der Waals surface area contributed by atoms with Gasteiger partial charge < -0.3 is 9.84 Å². The van der Waals surface area contributed by atoms with Gasteiger partial charge in [-0.15, -0.1) is 0 Å². The van der Waals surface area contributed by atoms with Gasteiger partial charge >= 0.3 is 12.0 Å². The number of ether oxygens (including phenoxy) is 1. The van der Waals surface area contributed by atoms with E-state index in [1.165, 1.54) is 12.3 Å². The van der Waals surface area contributed by atoms with Crippen molar-refractivity contribution in [3.63, 3.8) is 0 Å². The molecule has 0 aliphatic rings. The Hall–Kier alpha value is -2.57. The lowest BCUT2D eigenvalue weighted by Crippen LogP contribution is -2.02. The van der Waals surface area contributed by atoms with Crippen LogP contribution >= 0.6 is 0 Å². The zero-order chi connectivity index (χ0) is 13.1. The van der Waals surface area contributed by atoms with E-state index < -0.39 is 17.6 Å². The molecule has 0 saturated heterocycles. The van der Waals surface area contributed by atoms with E-state index in [1.54, 1.807) is 0 Å². The van der Waals surface area contributed by atoms with Crippen LogP contribution in [0.4, 0.5) is 8.78 Å². The summed E-state index contributed by atoms with van der Waals surface area (Å²) in [7, 11) is 0. The van der Waals surface area contributed by atoms with Gasteiger partial charge in [-0.25, -0.2) is 18.6 Å². The van der Waals surface area contributed by atoms with Gasteiger partial charge in [0.15, 0.2) is 5.69 Å². The highest BCUT2D eigenvalue weighted by Gasteiger charge is 2.09. The third-order valence-corrected chi connectivity index (χ3v) is 1.90. The van der Waals surface area contributed by atoms with Gasteiger partial charge in [-0.1, -0.05) is 0 Å². The smallest absolute Gasteiger partial charge is 0.354 e. The van der Waals surface area contributed by atoms with E-state index in [-0.39, 0.29) is 17.5 Å². The summed E-state index contributed by atoms with van der Waals surface area (Å²) in [6.45, 7) is 0. The van der Waals surface area contributed by atoms with Crippen LogP contribution in [0.1, 0.15) is 10.5 Å². The minimum Gasteiger partial charge on any atom is -0.477 e. The van der Waals surface area contributed by atoms with Gasteiger partial charge in [0, 0.05) is 24.4 Å². The maximum atomic E-state index is 12.9. The third-order valence-electron chi connectivity index (χ3n) is 1.90. The summed E-state index contributed by atoms with van der Waals surface area (Å²) in [4.78, 5) is 17.8. The number of aromatic nitrogens is 2. The van der Waals surface area contributed by atoms with E-state index in [0.717, 1.165) is 12.1 Å². The number of nitrogens with zero attached hydrogens (tertiary/aromatic N) is 2. The highest BCUT2D eigenvalue weighted by atomic mass is 19.1. The van der Waals surface area contributed by atoms with E-state index in [4.69, 9.17) is 9.84 Å². The summed E-state index contributed by atoms with van der Waals surface area (Å²) in [5.74, 6) is -3.05. The van der Waals surface area contributed by atoms with Crippen molar-refractivity contribution in [3.8, 4) is 11.8 Å². The molecule has 0 radical (unpaired) electrons. The van der Waals surface area contributed by atoms with Gasteiger partial charge in [0.25, 0.3) is 0 Å². The van der Waals surface area contributed by atoms with E-state index in [2.05, 4.69) is 9.97 Å². The number of hydrogen-bond donors (Lipinski definition) is 1. The lowest BCUT2D eigenvalue weighted by molar-refractivity contribution is 0.0689. The molecule has 1 heterocycles. The molecular weight excluding hydrogens is 246 g/mol.